The van der Waals surface area contributed by atoms with E-state index in [1.807, 2.05) is 0 Å². The third kappa shape index (κ3) is 4.81. The molecular formula is C53H37NO. The van der Waals surface area contributed by atoms with Gasteiger partial charge in [-0.25, -0.2) is 0 Å². The quantitative estimate of drug-likeness (QED) is 0.177. The first-order valence-electron chi connectivity index (χ1n) is 19.1. The molecule has 1 aliphatic rings. The molecule has 0 radical (unpaired) electrons. The van der Waals surface area contributed by atoms with Gasteiger partial charge in [-0.15, -0.1) is 0 Å². The van der Waals surface area contributed by atoms with Crippen molar-refractivity contribution >= 4 is 60.5 Å². The van der Waals surface area contributed by atoms with Gasteiger partial charge in [-0.2, -0.15) is 0 Å². The SMILES string of the molecule is CC1(C)c2ccccc2-c2ccc(N(c3ccc(-c4cccc5ccccc45)cc3)c3ccccc3-c3cccc4c3oc3c5ccccc5ccc43)cc21. The summed E-state index contributed by atoms with van der Waals surface area (Å²) in [5.74, 6) is 0. The first kappa shape index (κ1) is 31.6. The van der Waals surface area contributed by atoms with Gasteiger partial charge in [-0.05, 0) is 85.9 Å². The highest BCUT2D eigenvalue weighted by atomic mass is 16.3. The smallest absolute Gasteiger partial charge is 0.143 e. The summed E-state index contributed by atoms with van der Waals surface area (Å²) in [5, 5.41) is 7.06. The third-order valence-electron chi connectivity index (χ3n) is 11.9. The molecule has 11 rings (SSSR count). The van der Waals surface area contributed by atoms with Gasteiger partial charge < -0.3 is 9.32 Å². The Balaban J connectivity index is 1.12. The fraction of sp³-hybridized carbons (Fsp3) is 0.0566. The van der Waals surface area contributed by atoms with Gasteiger partial charge in [-0.3, -0.25) is 0 Å². The highest BCUT2D eigenvalue weighted by molar-refractivity contribution is 6.17. The zero-order valence-electron chi connectivity index (χ0n) is 30.8. The molecule has 0 fully saturated rings. The lowest BCUT2D eigenvalue weighted by Crippen LogP contribution is -2.16. The van der Waals surface area contributed by atoms with E-state index in [9.17, 15) is 0 Å². The molecule has 0 bridgehead atoms. The highest BCUT2D eigenvalue weighted by Crippen LogP contribution is 2.52. The second-order valence-electron chi connectivity index (χ2n) is 15.3. The molecule has 2 nitrogen and oxygen atoms in total. The largest absolute Gasteiger partial charge is 0.455 e. The summed E-state index contributed by atoms with van der Waals surface area (Å²) < 4.78 is 6.90. The van der Waals surface area contributed by atoms with Crippen LogP contribution in [-0.2, 0) is 5.41 Å². The van der Waals surface area contributed by atoms with Crippen LogP contribution in [0.4, 0.5) is 17.1 Å². The van der Waals surface area contributed by atoms with Crippen LogP contribution in [0.2, 0.25) is 0 Å². The summed E-state index contributed by atoms with van der Waals surface area (Å²) in [5.41, 5.74) is 14.9. The fourth-order valence-corrected chi connectivity index (χ4v) is 9.16. The van der Waals surface area contributed by atoms with Crippen molar-refractivity contribution in [2.75, 3.05) is 4.90 Å². The first-order chi connectivity index (χ1) is 27.0. The number of nitrogens with zero attached hydrogens (tertiary/aromatic N) is 1. The molecular weight excluding hydrogens is 667 g/mol. The van der Waals surface area contributed by atoms with E-state index in [2.05, 4.69) is 207 Å². The molecule has 1 aliphatic carbocycles. The van der Waals surface area contributed by atoms with E-state index >= 15 is 0 Å². The van der Waals surface area contributed by atoms with E-state index in [1.54, 1.807) is 0 Å². The van der Waals surface area contributed by atoms with E-state index < -0.39 is 0 Å². The van der Waals surface area contributed by atoms with E-state index in [0.717, 1.165) is 55.5 Å². The second kappa shape index (κ2) is 12.1. The standard InChI is InChI=1S/C53H37NO/c1-53(2)48-23-9-7-18-42(48)43-32-30-38(33-49(43)53)54(37-28-25-36(26-29-37)40-20-11-15-34-13-3-5-16-39(34)40)50-24-10-8-19-44(50)45-21-12-22-46-47-31-27-35-14-4-6-17-41(35)51(47)55-52(45)46/h3-33H,1-2H3. The Hall–Kier alpha value is -6.90. The number of hydrogen-bond acceptors (Lipinski definition) is 2. The van der Waals surface area contributed by atoms with Gasteiger partial charge in [0.2, 0.25) is 0 Å². The van der Waals surface area contributed by atoms with E-state index in [0.29, 0.717) is 0 Å². The molecule has 1 heterocycles. The number of rotatable bonds is 5. The van der Waals surface area contributed by atoms with Gasteiger partial charge in [0.05, 0.1) is 5.69 Å². The minimum Gasteiger partial charge on any atom is -0.455 e. The summed E-state index contributed by atoms with van der Waals surface area (Å²) in [6.07, 6.45) is 0. The monoisotopic (exact) mass is 703 g/mol. The van der Waals surface area contributed by atoms with Gasteiger partial charge in [-0.1, -0.05) is 166 Å². The summed E-state index contributed by atoms with van der Waals surface area (Å²) in [7, 11) is 0. The zero-order valence-corrected chi connectivity index (χ0v) is 30.8. The topological polar surface area (TPSA) is 16.4 Å². The fourth-order valence-electron chi connectivity index (χ4n) is 9.16. The molecule has 0 spiro atoms. The Kier molecular flexibility index (Phi) is 6.93. The Morgan fingerprint density at radius 2 is 0.964 bits per heavy atom. The summed E-state index contributed by atoms with van der Waals surface area (Å²) in [4.78, 5) is 2.43. The molecule has 0 atom stereocenters. The summed E-state index contributed by atoms with van der Waals surface area (Å²) >= 11 is 0. The van der Waals surface area contributed by atoms with E-state index in [1.165, 1.54) is 49.5 Å². The molecule has 0 saturated carbocycles. The van der Waals surface area contributed by atoms with Crippen LogP contribution < -0.4 is 4.90 Å². The Morgan fingerprint density at radius 1 is 0.382 bits per heavy atom. The highest BCUT2D eigenvalue weighted by Gasteiger charge is 2.36. The van der Waals surface area contributed by atoms with Gasteiger partial charge in [0, 0.05) is 44.1 Å². The Labute approximate surface area is 320 Å². The average molecular weight is 704 g/mol. The van der Waals surface area contributed by atoms with E-state index in [4.69, 9.17) is 4.42 Å². The number of furan rings is 1. The first-order valence-corrected chi connectivity index (χ1v) is 19.1. The lowest BCUT2D eigenvalue weighted by molar-refractivity contribution is 0.660. The molecule has 0 aliphatic heterocycles. The molecule has 0 saturated heterocycles. The number of benzene rings is 9. The number of anilines is 3. The van der Waals surface area contributed by atoms with Crippen molar-refractivity contribution in [1.29, 1.82) is 0 Å². The van der Waals surface area contributed by atoms with Crippen molar-refractivity contribution in [3.8, 4) is 33.4 Å². The van der Waals surface area contributed by atoms with Crippen molar-refractivity contribution in [2.45, 2.75) is 19.3 Å². The number of para-hydroxylation sites is 2. The number of hydrogen-bond donors (Lipinski definition) is 0. The van der Waals surface area contributed by atoms with Crippen LogP contribution in [0, 0.1) is 0 Å². The van der Waals surface area contributed by atoms with Crippen LogP contribution in [-0.4, -0.2) is 0 Å². The predicted octanol–water partition coefficient (Wildman–Crippen LogP) is 15.0. The van der Waals surface area contributed by atoms with Gasteiger partial charge in [0.25, 0.3) is 0 Å². The number of fused-ring (bicyclic) bond motifs is 9. The maximum absolute atomic E-state index is 6.90. The minimum atomic E-state index is -0.131. The summed E-state index contributed by atoms with van der Waals surface area (Å²) in [6.45, 7) is 4.70. The molecule has 2 heteroatoms. The third-order valence-corrected chi connectivity index (χ3v) is 11.9. The van der Waals surface area contributed by atoms with Crippen LogP contribution in [0.5, 0.6) is 0 Å². The van der Waals surface area contributed by atoms with Crippen LogP contribution in [0.1, 0.15) is 25.0 Å². The van der Waals surface area contributed by atoms with Gasteiger partial charge in [0.1, 0.15) is 11.2 Å². The van der Waals surface area contributed by atoms with Crippen LogP contribution in [0.3, 0.4) is 0 Å². The summed E-state index contributed by atoms with van der Waals surface area (Å²) in [6, 6.07) is 68.4. The van der Waals surface area contributed by atoms with E-state index in [-0.39, 0.29) is 5.41 Å². The lowest BCUT2D eigenvalue weighted by Gasteiger charge is -2.30. The Bertz CT molecular complexity index is 3120. The molecule has 1 aromatic heterocycles. The van der Waals surface area contributed by atoms with Gasteiger partial charge in [0.15, 0.2) is 0 Å². The molecule has 0 amide bonds. The van der Waals surface area contributed by atoms with Crippen molar-refractivity contribution in [3.63, 3.8) is 0 Å². The molecule has 260 valence electrons. The molecule has 55 heavy (non-hydrogen) atoms. The van der Waals surface area contributed by atoms with Crippen molar-refractivity contribution in [3.05, 3.63) is 199 Å². The van der Waals surface area contributed by atoms with Crippen molar-refractivity contribution in [1.82, 2.24) is 0 Å². The normalized spacial score (nSPS) is 13.1. The van der Waals surface area contributed by atoms with Crippen LogP contribution in [0.15, 0.2) is 192 Å². The average Bonchev–Trinajstić information content (AvgIpc) is 3.74. The van der Waals surface area contributed by atoms with Crippen molar-refractivity contribution in [2.24, 2.45) is 0 Å². The zero-order chi connectivity index (χ0) is 36.7. The molecule has 10 aromatic rings. The maximum atomic E-state index is 6.90. The van der Waals surface area contributed by atoms with Crippen LogP contribution >= 0.6 is 0 Å². The van der Waals surface area contributed by atoms with Crippen molar-refractivity contribution < 1.29 is 4.42 Å². The predicted molar refractivity (Wildman–Crippen MR) is 232 cm³/mol. The maximum Gasteiger partial charge on any atom is 0.143 e. The molecule has 9 aromatic carbocycles. The minimum absolute atomic E-state index is 0.131. The molecule has 0 unspecified atom stereocenters. The second-order valence-corrected chi connectivity index (χ2v) is 15.3. The van der Waals surface area contributed by atoms with Gasteiger partial charge >= 0.3 is 0 Å². The van der Waals surface area contributed by atoms with Crippen LogP contribution in [0.25, 0.3) is 76.9 Å². The lowest BCUT2D eigenvalue weighted by atomic mass is 9.82. The molecule has 0 N–H and O–H groups in total. The Morgan fingerprint density at radius 3 is 1.82 bits per heavy atom.